The number of rotatable bonds is 4. The molecule has 1 aliphatic heterocycles. The quantitative estimate of drug-likeness (QED) is 0.844. The van der Waals surface area contributed by atoms with Gasteiger partial charge in [0.15, 0.2) is 0 Å². The molecule has 0 aliphatic carbocycles. The maximum Gasteiger partial charge on any atom is 0.372 e. The molecular formula is C13H19NO5. The first-order valence-corrected chi connectivity index (χ1v) is 6.31. The standard InChI is InChI=1S/C13H19NO5/c1-8-3-10(19-12(8)13(16)17)5-14-4-9(2)18-11(6-14)7-15/h3,9,11,15H,4-7H2,1-2H3,(H,16,17). The van der Waals surface area contributed by atoms with Crippen LogP contribution in [0, 0.1) is 6.92 Å². The minimum atomic E-state index is -1.05. The van der Waals surface area contributed by atoms with E-state index in [4.69, 9.17) is 19.4 Å². The number of furan rings is 1. The number of aliphatic hydroxyl groups excluding tert-OH is 1. The molecule has 1 aliphatic rings. The molecule has 0 radical (unpaired) electrons. The van der Waals surface area contributed by atoms with E-state index in [0.717, 1.165) is 6.54 Å². The predicted octanol–water partition coefficient (Wildman–Crippen LogP) is 0.868. The molecule has 1 aromatic heterocycles. The Hall–Kier alpha value is -1.37. The highest BCUT2D eigenvalue weighted by Gasteiger charge is 2.26. The van der Waals surface area contributed by atoms with E-state index in [1.165, 1.54) is 0 Å². The zero-order valence-electron chi connectivity index (χ0n) is 11.1. The first kappa shape index (κ1) is 14.0. The van der Waals surface area contributed by atoms with Gasteiger partial charge in [-0.3, -0.25) is 4.90 Å². The number of nitrogens with zero attached hydrogens (tertiary/aromatic N) is 1. The van der Waals surface area contributed by atoms with Crippen LogP contribution in [0.3, 0.4) is 0 Å². The largest absolute Gasteiger partial charge is 0.475 e. The first-order chi connectivity index (χ1) is 8.99. The molecule has 2 N–H and O–H groups in total. The summed E-state index contributed by atoms with van der Waals surface area (Å²) in [7, 11) is 0. The van der Waals surface area contributed by atoms with E-state index in [-0.39, 0.29) is 24.6 Å². The fraction of sp³-hybridized carbons (Fsp3) is 0.615. The second-order valence-corrected chi connectivity index (χ2v) is 4.98. The molecule has 1 fully saturated rings. The number of aliphatic hydroxyl groups is 1. The molecule has 1 aromatic rings. The molecule has 0 bridgehead atoms. The number of aryl methyl sites for hydroxylation is 1. The zero-order valence-corrected chi connectivity index (χ0v) is 11.1. The van der Waals surface area contributed by atoms with Gasteiger partial charge in [-0.1, -0.05) is 0 Å². The summed E-state index contributed by atoms with van der Waals surface area (Å²) < 4.78 is 10.9. The molecule has 6 heteroatoms. The van der Waals surface area contributed by atoms with Crippen molar-refractivity contribution in [3.05, 3.63) is 23.2 Å². The van der Waals surface area contributed by atoms with Crippen LogP contribution >= 0.6 is 0 Å². The maximum absolute atomic E-state index is 10.9. The van der Waals surface area contributed by atoms with Crippen LogP contribution in [0.1, 0.15) is 28.8 Å². The van der Waals surface area contributed by atoms with Crippen molar-refractivity contribution >= 4 is 5.97 Å². The highest BCUT2D eigenvalue weighted by Crippen LogP contribution is 2.19. The van der Waals surface area contributed by atoms with Crippen LogP contribution in [0.4, 0.5) is 0 Å². The number of carbonyl (C=O) groups is 1. The van der Waals surface area contributed by atoms with E-state index in [9.17, 15) is 4.79 Å². The van der Waals surface area contributed by atoms with Gasteiger partial charge in [0.1, 0.15) is 5.76 Å². The van der Waals surface area contributed by atoms with Gasteiger partial charge in [0, 0.05) is 18.7 Å². The van der Waals surface area contributed by atoms with Gasteiger partial charge >= 0.3 is 5.97 Å². The molecule has 106 valence electrons. The normalized spacial score (nSPS) is 24.6. The molecule has 2 atom stereocenters. The third-order valence-electron chi connectivity index (χ3n) is 3.15. The van der Waals surface area contributed by atoms with Gasteiger partial charge in [0.25, 0.3) is 0 Å². The van der Waals surface area contributed by atoms with E-state index in [1.807, 2.05) is 6.92 Å². The fourth-order valence-electron chi connectivity index (χ4n) is 2.43. The Morgan fingerprint density at radius 2 is 2.26 bits per heavy atom. The van der Waals surface area contributed by atoms with Crippen LogP contribution in [-0.2, 0) is 11.3 Å². The van der Waals surface area contributed by atoms with Gasteiger partial charge in [-0.05, 0) is 19.9 Å². The highest BCUT2D eigenvalue weighted by atomic mass is 16.5. The van der Waals surface area contributed by atoms with E-state index in [2.05, 4.69) is 4.90 Å². The number of hydrogen-bond acceptors (Lipinski definition) is 5. The smallest absolute Gasteiger partial charge is 0.372 e. The lowest BCUT2D eigenvalue weighted by molar-refractivity contribution is -0.0983. The summed E-state index contributed by atoms with van der Waals surface area (Å²) in [6, 6.07) is 1.75. The second kappa shape index (κ2) is 5.73. The Balaban J connectivity index is 2.04. The number of carboxylic acid groups (broad SMARTS) is 1. The summed E-state index contributed by atoms with van der Waals surface area (Å²) >= 11 is 0. The van der Waals surface area contributed by atoms with Gasteiger partial charge in [0.05, 0.1) is 25.4 Å². The van der Waals surface area contributed by atoms with Gasteiger partial charge in [-0.25, -0.2) is 4.79 Å². The summed E-state index contributed by atoms with van der Waals surface area (Å²) in [4.78, 5) is 13.0. The van der Waals surface area contributed by atoms with Crippen LogP contribution < -0.4 is 0 Å². The van der Waals surface area contributed by atoms with Crippen molar-refractivity contribution in [3.63, 3.8) is 0 Å². The Kier molecular flexibility index (Phi) is 4.24. The molecule has 19 heavy (non-hydrogen) atoms. The van der Waals surface area contributed by atoms with Crippen molar-refractivity contribution in [2.24, 2.45) is 0 Å². The summed E-state index contributed by atoms with van der Waals surface area (Å²) in [5, 5.41) is 18.1. The predicted molar refractivity (Wildman–Crippen MR) is 67.1 cm³/mol. The molecule has 0 amide bonds. The monoisotopic (exact) mass is 269 g/mol. The molecule has 2 unspecified atom stereocenters. The van der Waals surface area contributed by atoms with Crippen molar-refractivity contribution in [1.29, 1.82) is 0 Å². The number of morpholine rings is 1. The van der Waals surface area contributed by atoms with Gasteiger partial charge in [-0.15, -0.1) is 0 Å². The van der Waals surface area contributed by atoms with Crippen LogP contribution in [-0.4, -0.2) is 53.0 Å². The van der Waals surface area contributed by atoms with Gasteiger partial charge in [-0.2, -0.15) is 0 Å². The Bertz CT molecular complexity index is 456. The lowest BCUT2D eigenvalue weighted by Gasteiger charge is -2.35. The second-order valence-electron chi connectivity index (χ2n) is 4.98. The molecule has 0 saturated carbocycles. The Morgan fingerprint density at radius 1 is 1.53 bits per heavy atom. The maximum atomic E-state index is 10.9. The Morgan fingerprint density at radius 3 is 2.84 bits per heavy atom. The van der Waals surface area contributed by atoms with Crippen molar-refractivity contribution in [2.45, 2.75) is 32.6 Å². The summed E-state index contributed by atoms with van der Waals surface area (Å²) in [6.07, 6.45) is -0.153. The van der Waals surface area contributed by atoms with Crippen molar-refractivity contribution in [2.75, 3.05) is 19.7 Å². The minimum Gasteiger partial charge on any atom is -0.475 e. The zero-order chi connectivity index (χ0) is 14.0. The van der Waals surface area contributed by atoms with Crippen LogP contribution in [0.2, 0.25) is 0 Å². The number of hydrogen-bond donors (Lipinski definition) is 2. The van der Waals surface area contributed by atoms with Crippen molar-refractivity contribution in [3.8, 4) is 0 Å². The molecular weight excluding hydrogens is 250 g/mol. The van der Waals surface area contributed by atoms with Crippen molar-refractivity contribution in [1.82, 2.24) is 4.90 Å². The summed E-state index contributed by atoms with van der Waals surface area (Å²) in [6.45, 7) is 5.53. The number of aromatic carboxylic acids is 1. The minimum absolute atomic E-state index is 0.00461. The van der Waals surface area contributed by atoms with Crippen LogP contribution in [0.5, 0.6) is 0 Å². The first-order valence-electron chi connectivity index (χ1n) is 6.31. The fourth-order valence-corrected chi connectivity index (χ4v) is 2.43. The van der Waals surface area contributed by atoms with Crippen LogP contribution in [0.15, 0.2) is 10.5 Å². The molecule has 0 spiro atoms. The average Bonchev–Trinajstić information content (AvgIpc) is 2.69. The van der Waals surface area contributed by atoms with Crippen LogP contribution in [0.25, 0.3) is 0 Å². The number of carboxylic acids is 1. The average molecular weight is 269 g/mol. The van der Waals surface area contributed by atoms with Crippen molar-refractivity contribution < 1.29 is 24.2 Å². The third kappa shape index (κ3) is 3.34. The molecule has 2 heterocycles. The topological polar surface area (TPSA) is 83.1 Å². The SMILES string of the molecule is Cc1cc(CN2CC(C)OC(CO)C2)oc1C(=O)O. The highest BCUT2D eigenvalue weighted by molar-refractivity contribution is 5.86. The van der Waals surface area contributed by atoms with E-state index in [0.29, 0.717) is 24.4 Å². The molecule has 6 nitrogen and oxygen atoms in total. The third-order valence-corrected chi connectivity index (χ3v) is 3.15. The van der Waals surface area contributed by atoms with Gasteiger partial charge in [0.2, 0.25) is 5.76 Å². The van der Waals surface area contributed by atoms with Gasteiger partial charge < -0.3 is 19.4 Å². The molecule has 0 aromatic carbocycles. The van der Waals surface area contributed by atoms with E-state index >= 15 is 0 Å². The Labute approximate surface area is 111 Å². The van der Waals surface area contributed by atoms with E-state index in [1.54, 1.807) is 13.0 Å². The lowest BCUT2D eigenvalue weighted by atomic mass is 10.2. The lowest BCUT2D eigenvalue weighted by Crippen LogP contribution is -2.47. The van der Waals surface area contributed by atoms with E-state index < -0.39 is 5.97 Å². The number of ether oxygens (including phenoxy) is 1. The summed E-state index contributed by atoms with van der Waals surface area (Å²) in [5.74, 6) is -0.428. The summed E-state index contributed by atoms with van der Waals surface area (Å²) in [5.41, 5.74) is 0.627. The molecule has 1 saturated heterocycles. The molecule has 2 rings (SSSR count).